The van der Waals surface area contributed by atoms with E-state index in [1.807, 2.05) is 18.3 Å². The van der Waals surface area contributed by atoms with Gasteiger partial charge in [0.2, 0.25) is 0 Å². The van der Waals surface area contributed by atoms with E-state index in [4.69, 9.17) is 11.6 Å². The predicted molar refractivity (Wildman–Crippen MR) is 91.1 cm³/mol. The topological polar surface area (TPSA) is 27.8 Å². The minimum absolute atomic E-state index is 0.760. The summed E-state index contributed by atoms with van der Waals surface area (Å²) >= 11 is 6.01. The number of hydrogen-bond donors (Lipinski definition) is 2. The van der Waals surface area contributed by atoms with Gasteiger partial charge in [0.25, 0.3) is 0 Å². The number of anilines is 1. The largest absolute Gasteiger partial charge is 0.381 e. The third-order valence-corrected chi connectivity index (χ3v) is 3.94. The Bertz CT molecular complexity index is 729. The molecule has 1 heterocycles. The van der Waals surface area contributed by atoms with Gasteiger partial charge >= 0.3 is 0 Å². The van der Waals surface area contributed by atoms with E-state index in [0.717, 1.165) is 29.2 Å². The Balaban J connectivity index is 1.71. The van der Waals surface area contributed by atoms with Crippen LogP contribution in [0, 0.1) is 0 Å². The summed E-state index contributed by atoms with van der Waals surface area (Å²) in [5, 5.41) is 5.45. The quantitative estimate of drug-likeness (QED) is 0.650. The van der Waals surface area contributed by atoms with Gasteiger partial charge in [-0.05, 0) is 41.8 Å². The summed E-state index contributed by atoms with van der Waals surface area (Å²) in [4.78, 5) is 3.27. The lowest BCUT2D eigenvalue weighted by Gasteiger charge is -2.07. The van der Waals surface area contributed by atoms with Gasteiger partial charge < -0.3 is 10.3 Å². The zero-order chi connectivity index (χ0) is 14.7. The van der Waals surface area contributed by atoms with Gasteiger partial charge in [-0.1, -0.05) is 43.1 Å². The molecule has 0 saturated heterocycles. The van der Waals surface area contributed by atoms with Crippen molar-refractivity contribution in [2.75, 3.05) is 5.32 Å². The van der Waals surface area contributed by atoms with Crippen LogP contribution >= 0.6 is 11.6 Å². The third-order valence-electron chi connectivity index (χ3n) is 3.71. The highest BCUT2D eigenvalue weighted by Gasteiger charge is 2.04. The SMILES string of the molecule is CCCc1ccc(NCc2c[nH]c3cc(Cl)ccc23)cc1. The molecule has 0 aliphatic rings. The van der Waals surface area contributed by atoms with Gasteiger partial charge in [-0.2, -0.15) is 0 Å². The van der Waals surface area contributed by atoms with E-state index in [1.165, 1.54) is 22.9 Å². The fourth-order valence-electron chi connectivity index (χ4n) is 2.58. The zero-order valence-corrected chi connectivity index (χ0v) is 12.9. The van der Waals surface area contributed by atoms with Crippen molar-refractivity contribution in [3.8, 4) is 0 Å². The molecule has 0 aliphatic heterocycles. The second-order valence-electron chi connectivity index (χ2n) is 5.30. The Labute approximate surface area is 130 Å². The first-order chi connectivity index (χ1) is 10.3. The molecule has 0 saturated carbocycles. The molecule has 2 aromatic carbocycles. The molecule has 1 aromatic heterocycles. The average Bonchev–Trinajstić information content (AvgIpc) is 2.89. The molecule has 3 rings (SSSR count). The first-order valence-corrected chi connectivity index (χ1v) is 7.72. The second-order valence-corrected chi connectivity index (χ2v) is 5.74. The maximum atomic E-state index is 6.01. The Morgan fingerprint density at radius 2 is 1.90 bits per heavy atom. The lowest BCUT2D eigenvalue weighted by atomic mass is 10.1. The molecular weight excluding hydrogens is 280 g/mol. The Hall–Kier alpha value is -1.93. The molecule has 108 valence electrons. The molecule has 0 aliphatic carbocycles. The number of fused-ring (bicyclic) bond motifs is 1. The van der Waals surface area contributed by atoms with Gasteiger partial charge in [-0.25, -0.2) is 0 Å². The molecular formula is C18H19ClN2. The van der Waals surface area contributed by atoms with Crippen molar-refractivity contribution >= 4 is 28.2 Å². The lowest BCUT2D eigenvalue weighted by molar-refractivity contribution is 0.922. The van der Waals surface area contributed by atoms with Crippen LogP contribution in [-0.2, 0) is 13.0 Å². The van der Waals surface area contributed by atoms with Gasteiger partial charge in [-0.3, -0.25) is 0 Å². The van der Waals surface area contributed by atoms with Crippen LogP contribution in [-0.4, -0.2) is 4.98 Å². The minimum Gasteiger partial charge on any atom is -0.381 e. The Morgan fingerprint density at radius 3 is 2.67 bits per heavy atom. The molecule has 2 N–H and O–H groups in total. The van der Waals surface area contributed by atoms with Crippen molar-refractivity contribution < 1.29 is 0 Å². The van der Waals surface area contributed by atoms with Gasteiger partial charge in [0.1, 0.15) is 0 Å². The maximum absolute atomic E-state index is 6.01. The second kappa shape index (κ2) is 6.23. The van der Waals surface area contributed by atoms with Crippen LogP contribution in [0.4, 0.5) is 5.69 Å². The Kier molecular flexibility index (Phi) is 4.16. The summed E-state index contributed by atoms with van der Waals surface area (Å²) in [7, 11) is 0. The van der Waals surface area contributed by atoms with Crippen molar-refractivity contribution in [1.29, 1.82) is 0 Å². The number of nitrogens with one attached hydrogen (secondary N) is 2. The minimum atomic E-state index is 0.760. The van der Waals surface area contributed by atoms with E-state index < -0.39 is 0 Å². The molecule has 0 bridgehead atoms. The Morgan fingerprint density at radius 1 is 1.10 bits per heavy atom. The first kappa shape index (κ1) is 14.0. The number of H-pyrrole nitrogens is 1. The van der Waals surface area contributed by atoms with Crippen LogP contribution in [0.5, 0.6) is 0 Å². The van der Waals surface area contributed by atoms with E-state index >= 15 is 0 Å². The lowest BCUT2D eigenvalue weighted by Crippen LogP contribution is -1.98. The first-order valence-electron chi connectivity index (χ1n) is 7.34. The molecule has 21 heavy (non-hydrogen) atoms. The van der Waals surface area contributed by atoms with Crippen LogP contribution in [0.1, 0.15) is 24.5 Å². The third kappa shape index (κ3) is 3.22. The van der Waals surface area contributed by atoms with Crippen LogP contribution in [0.25, 0.3) is 10.9 Å². The number of aromatic amines is 1. The van der Waals surface area contributed by atoms with E-state index in [0.29, 0.717) is 0 Å². The highest BCUT2D eigenvalue weighted by atomic mass is 35.5. The fourth-order valence-corrected chi connectivity index (χ4v) is 2.75. The molecule has 0 radical (unpaired) electrons. The molecule has 0 fully saturated rings. The summed E-state index contributed by atoms with van der Waals surface area (Å²) in [5.74, 6) is 0. The molecule has 2 nitrogen and oxygen atoms in total. The van der Waals surface area contributed by atoms with E-state index in [-0.39, 0.29) is 0 Å². The van der Waals surface area contributed by atoms with Gasteiger partial charge in [0, 0.05) is 34.4 Å². The number of rotatable bonds is 5. The highest BCUT2D eigenvalue weighted by molar-refractivity contribution is 6.31. The zero-order valence-electron chi connectivity index (χ0n) is 12.1. The molecule has 0 atom stereocenters. The predicted octanol–water partition coefficient (Wildman–Crippen LogP) is 5.39. The van der Waals surface area contributed by atoms with Crippen molar-refractivity contribution in [3.05, 3.63) is 64.8 Å². The van der Waals surface area contributed by atoms with E-state index in [9.17, 15) is 0 Å². The summed E-state index contributed by atoms with van der Waals surface area (Å²) in [6, 6.07) is 14.6. The number of halogens is 1. The van der Waals surface area contributed by atoms with Gasteiger partial charge in [0.05, 0.1) is 0 Å². The molecule has 3 heteroatoms. The van der Waals surface area contributed by atoms with E-state index in [2.05, 4.69) is 47.6 Å². The van der Waals surface area contributed by atoms with Crippen LogP contribution in [0.15, 0.2) is 48.7 Å². The van der Waals surface area contributed by atoms with Crippen molar-refractivity contribution in [3.63, 3.8) is 0 Å². The number of aromatic nitrogens is 1. The normalized spacial score (nSPS) is 11.0. The summed E-state index contributed by atoms with van der Waals surface area (Å²) in [6.45, 7) is 3.00. The molecule has 0 spiro atoms. The summed E-state index contributed by atoms with van der Waals surface area (Å²) < 4.78 is 0. The van der Waals surface area contributed by atoms with Crippen LogP contribution in [0.2, 0.25) is 5.02 Å². The van der Waals surface area contributed by atoms with Crippen molar-refractivity contribution in [2.45, 2.75) is 26.3 Å². The molecule has 0 unspecified atom stereocenters. The van der Waals surface area contributed by atoms with Crippen molar-refractivity contribution in [2.24, 2.45) is 0 Å². The molecule has 3 aromatic rings. The standard InChI is InChI=1S/C18H19ClN2/c1-2-3-13-4-7-16(8-5-13)20-11-14-12-21-18-10-15(19)6-9-17(14)18/h4-10,12,20-21H,2-3,11H2,1H3. The fraction of sp³-hybridized carbons (Fsp3) is 0.222. The summed E-state index contributed by atoms with van der Waals surface area (Å²) in [5.41, 5.74) is 4.87. The molecule has 0 amide bonds. The van der Waals surface area contributed by atoms with Crippen molar-refractivity contribution in [1.82, 2.24) is 4.98 Å². The number of aryl methyl sites for hydroxylation is 1. The number of hydrogen-bond acceptors (Lipinski definition) is 1. The highest BCUT2D eigenvalue weighted by Crippen LogP contribution is 2.23. The number of benzene rings is 2. The summed E-state index contributed by atoms with van der Waals surface area (Å²) in [6.07, 6.45) is 4.37. The maximum Gasteiger partial charge on any atom is 0.0472 e. The van der Waals surface area contributed by atoms with Crippen LogP contribution in [0.3, 0.4) is 0 Å². The van der Waals surface area contributed by atoms with E-state index in [1.54, 1.807) is 0 Å². The average molecular weight is 299 g/mol. The smallest absolute Gasteiger partial charge is 0.0472 e. The van der Waals surface area contributed by atoms with Crippen LogP contribution < -0.4 is 5.32 Å². The monoisotopic (exact) mass is 298 g/mol. The van der Waals surface area contributed by atoms with Gasteiger partial charge in [0.15, 0.2) is 0 Å². The van der Waals surface area contributed by atoms with Gasteiger partial charge in [-0.15, -0.1) is 0 Å².